The van der Waals surface area contributed by atoms with Gasteiger partial charge in [-0.2, -0.15) is 0 Å². The minimum Gasteiger partial charge on any atom is -0.379 e. The van der Waals surface area contributed by atoms with Crippen LogP contribution in [0.3, 0.4) is 0 Å². The van der Waals surface area contributed by atoms with Crippen LogP contribution in [0, 0.1) is 0 Å². The first-order valence-corrected chi connectivity index (χ1v) is 6.97. The van der Waals surface area contributed by atoms with Crippen LogP contribution in [0.25, 0.3) is 0 Å². The van der Waals surface area contributed by atoms with Gasteiger partial charge in [0.2, 0.25) is 0 Å². The molecule has 1 aliphatic heterocycles. The van der Waals surface area contributed by atoms with E-state index in [4.69, 9.17) is 10.5 Å². The van der Waals surface area contributed by atoms with E-state index in [1.54, 1.807) is 0 Å². The minimum absolute atomic E-state index is 0.0536. The van der Waals surface area contributed by atoms with Crippen molar-refractivity contribution in [3.8, 4) is 0 Å². The Kier molecular flexibility index (Phi) is 4.62. The van der Waals surface area contributed by atoms with Gasteiger partial charge in [0.15, 0.2) is 0 Å². The van der Waals surface area contributed by atoms with E-state index in [-0.39, 0.29) is 17.5 Å². The Bertz CT molecular complexity index is 451. The summed E-state index contributed by atoms with van der Waals surface area (Å²) in [5.41, 5.74) is 7.64. The van der Waals surface area contributed by atoms with Gasteiger partial charge >= 0.3 is 6.03 Å². The average Bonchev–Trinajstić information content (AvgIpc) is 2.92. The molecule has 0 bridgehead atoms. The summed E-state index contributed by atoms with van der Waals surface area (Å²) >= 11 is 0. The molecule has 20 heavy (non-hydrogen) atoms. The molecular formula is C15H23N3O2. The predicted molar refractivity (Wildman–Crippen MR) is 79.9 cm³/mol. The fourth-order valence-corrected chi connectivity index (χ4v) is 2.12. The topological polar surface area (TPSA) is 76.4 Å². The Labute approximate surface area is 119 Å². The van der Waals surface area contributed by atoms with Crippen LogP contribution in [0.5, 0.6) is 0 Å². The van der Waals surface area contributed by atoms with Crippen molar-refractivity contribution in [1.29, 1.82) is 0 Å². The number of amides is 2. The van der Waals surface area contributed by atoms with E-state index in [1.807, 2.05) is 24.3 Å². The van der Waals surface area contributed by atoms with Crippen molar-refractivity contribution in [3.63, 3.8) is 0 Å². The maximum absolute atomic E-state index is 11.8. The first-order chi connectivity index (χ1) is 9.51. The third-order valence-electron chi connectivity index (χ3n) is 3.70. The second-order valence-electron chi connectivity index (χ2n) is 5.82. The van der Waals surface area contributed by atoms with Gasteiger partial charge in [0, 0.05) is 24.3 Å². The highest BCUT2D eigenvalue weighted by Gasteiger charge is 2.19. The number of carbonyl (C=O) groups excluding carboxylic acids is 1. The Morgan fingerprint density at radius 1 is 1.40 bits per heavy atom. The summed E-state index contributed by atoms with van der Waals surface area (Å²) in [5, 5.41) is 5.72. The molecule has 1 aromatic carbocycles. The lowest BCUT2D eigenvalue weighted by molar-refractivity contribution is 0.189. The fraction of sp³-hybridized carbons (Fsp3) is 0.533. The van der Waals surface area contributed by atoms with Crippen LogP contribution in [0.1, 0.15) is 25.8 Å². The number of rotatable bonds is 4. The highest BCUT2D eigenvalue weighted by molar-refractivity contribution is 5.89. The van der Waals surface area contributed by atoms with Gasteiger partial charge in [-0.15, -0.1) is 0 Å². The molecule has 1 aromatic rings. The van der Waals surface area contributed by atoms with Crippen LogP contribution in [0.4, 0.5) is 10.5 Å². The number of nitrogens with one attached hydrogen (secondary N) is 2. The lowest BCUT2D eigenvalue weighted by Gasteiger charge is -2.23. The normalized spacial score (nSPS) is 18.9. The number of ether oxygens (including phenoxy) is 1. The smallest absolute Gasteiger partial charge is 0.319 e. The molecule has 1 fully saturated rings. The Hall–Kier alpha value is -1.59. The monoisotopic (exact) mass is 277 g/mol. The van der Waals surface area contributed by atoms with E-state index in [0.717, 1.165) is 17.7 Å². The van der Waals surface area contributed by atoms with Crippen molar-refractivity contribution in [2.45, 2.75) is 31.7 Å². The lowest BCUT2D eigenvalue weighted by Crippen LogP contribution is -2.38. The van der Waals surface area contributed by atoms with E-state index in [0.29, 0.717) is 19.8 Å². The van der Waals surface area contributed by atoms with E-state index in [2.05, 4.69) is 24.5 Å². The summed E-state index contributed by atoms with van der Waals surface area (Å²) in [6.07, 6.45) is 0.872. The maximum Gasteiger partial charge on any atom is 0.319 e. The fourth-order valence-electron chi connectivity index (χ4n) is 2.12. The summed E-state index contributed by atoms with van der Waals surface area (Å²) < 4.78 is 5.22. The Morgan fingerprint density at radius 3 is 2.65 bits per heavy atom. The zero-order valence-corrected chi connectivity index (χ0v) is 12.1. The van der Waals surface area contributed by atoms with E-state index < -0.39 is 0 Å². The van der Waals surface area contributed by atoms with Crippen molar-refractivity contribution < 1.29 is 9.53 Å². The molecule has 1 heterocycles. The summed E-state index contributed by atoms with van der Waals surface area (Å²) in [5.74, 6) is 0. The zero-order chi connectivity index (χ0) is 14.6. The SMILES string of the molecule is CC(C)(CN)c1ccc(NC(=O)NC2CCOC2)cc1. The van der Waals surface area contributed by atoms with Gasteiger partial charge in [0.25, 0.3) is 0 Å². The summed E-state index contributed by atoms with van der Waals surface area (Å²) in [4.78, 5) is 11.8. The highest BCUT2D eigenvalue weighted by Crippen LogP contribution is 2.23. The maximum atomic E-state index is 11.8. The molecule has 110 valence electrons. The molecule has 0 aliphatic carbocycles. The van der Waals surface area contributed by atoms with Crippen LogP contribution in [0.15, 0.2) is 24.3 Å². The molecule has 1 unspecified atom stereocenters. The van der Waals surface area contributed by atoms with Crippen LogP contribution in [-0.2, 0) is 10.2 Å². The largest absolute Gasteiger partial charge is 0.379 e. The quantitative estimate of drug-likeness (QED) is 0.786. The molecule has 0 radical (unpaired) electrons. The van der Waals surface area contributed by atoms with Gasteiger partial charge in [-0.25, -0.2) is 4.79 Å². The van der Waals surface area contributed by atoms with Gasteiger partial charge in [0.05, 0.1) is 12.6 Å². The van der Waals surface area contributed by atoms with Crippen molar-refractivity contribution in [3.05, 3.63) is 29.8 Å². The number of hydrogen-bond acceptors (Lipinski definition) is 3. The highest BCUT2D eigenvalue weighted by atomic mass is 16.5. The van der Waals surface area contributed by atoms with Crippen LogP contribution >= 0.6 is 0 Å². The van der Waals surface area contributed by atoms with Gasteiger partial charge in [-0.1, -0.05) is 26.0 Å². The molecule has 0 spiro atoms. The van der Waals surface area contributed by atoms with Crippen molar-refractivity contribution in [2.75, 3.05) is 25.1 Å². The number of urea groups is 1. The Balaban J connectivity index is 1.91. The first kappa shape index (κ1) is 14.8. The van der Waals surface area contributed by atoms with E-state index in [9.17, 15) is 4.79 Å². The molecule has 5 nitrogen and oxygen atoms in total. The molecule has 1 aliphatic rings. The number of nitrogens with two attached hydrogens (primary N) is 1. The molecule has 5 heteroatoms. The van der Waals surface area contributed by atoms with Gasteiger partial charge in [0.1, 0.15) is 0 Å². The molecule has 2 amide bonds. The van der Waals surface area contributed by atoms with Crippen LogP contribution < -0.4 is 16.4 Å². The number of carbonyl (C=O) groups is 1. The number of hydrogen-bond donors (Lipinski definition) is 3. The molecule has 4 N–H and O–H groups in total. The summed E-state index contributed by atoms with van der Waals surface area (Å²) in [7, 11) is 0. The van der Waals surface area contributed by atoms with Gasteiger partial charge in [-0.3, -0.25) is 0 Å². The lowest BCUT2D eigenvalue weighted by atomic mass is 9.85. The molecule has 0 aromatic heterocycles. The second-order valence-corrected chi connectivity index (χ2v) is 5.82. The molecule has 0 saturated carbocycles. The summed E-state index contributed by atoms with van der Waals surface area (Å²) in [6, 6.07) is 7.73. The molecular weight excluding hydrogens is 254 g/mol. The standard InChI is InChI=1S/C15H23N3O2/c1-15(2,10-16)11-3-5-12(6-4-11)17-14(19)18-13-7-8-20-9-13/h3-6,13H,7-10,16H2,1-2H3,(H2,17,18,19). The number of benzene rings is 1. The minimum atomic E-state index is -0.189. The van der Waals surface area contributed by atoms with Gasteiger partial charge in [-0.05, 0) is 24.1 Å². The Morgan fingerprint density at radius 2 is 2.10 bits per heavy atom. The van der Waals surface area contributed by atoms with E-state index >= 15 is 0 Å². The molecule has 1 atom stereocenters. The van der Waals surface area contributed by atoms with Crippen LogP contribution in [-0.4, -0.2) is 31.8 Å². The second kappa shape index (κ2) is 6.24. The predicted octanol–water partition coefficient (Wildman–Crippen LogP) is 1.83. The third-order valence-corrected chi connectivity index (χ3v) is 3.70. The van der Waals surface area contributed by atoms with Crippen molar-refractivity contribution >= 4 is 11.7 Å². The first-order valence-electron chi connectivity index (χ1n) is 6.97. The molecule has 2 rings (SSSR count). The van der Waals surface area contributed by atoms with Gasteiger partial charge < -0.3 is 21.1 Å². The zero-order valence-electron chi connectivity index (χ0n) is 12.1. The molecule has 1 saturated heterocycles. The van der Waals surface area contributed by atoms with Crippen molar-refractivity contribution in [1.82, 2.24) is 5.32 Å². The average molecular weight is 277 g/mol. The third kappa shape index (κ3) is 3.71. The van der Waals surface area contributed by atoms with Crippen molar-refractivity contribution in [2.24, 2.45) is 5.73 Å². The van der Waals surface area contributed by atoms with E-state index in [1.165, 1.54) is 0 Å². The summed E-state index contributed by atoms with van der Waals surface area (Å²) in [6.45, 7) is 6.09. The van der Waals surface area contributed by atoms with Crippen LogP contribution in [0.2, 0.25) is 0 Å². The number of anilines is 1.